The number of hydrogen-bond donors (Lipinski definition) is 2. The third-order valence-corrected chi connectivity index (χ3v) is 5.69. The van der Waals surface area contributed by atoms with Gasteiger partial charge in [-0.2, -0.15) is 0 Å². The van der Waals surface area contributed by atoms with Gasteiger partial charge in [-0.05, 0) is 56.4 Å². The summed E-state index contributed by atoms with van der Waals surface area (Å²) in [6.45, 7) is 1.59. The smallest absolute Gasteiger partial charge is 0.317 e. The number of nitrogens with zero attached hydrogens (tertiary/aromatic N) is 1. The lowest BCUT2D eigenvalue weighted by Crippen LogP contribution is -2.46. The number of hydrogen-bond acceptors (Lipinski definition) is 2. The molecular formula is C20H28N2O3. The molecule has 1 aromatic rings. The number of amides is 2. The van der Waals surface area contributed by atoms with E-state index in [9.17, 15) is 9.59 Å². The van der Waals surface area contributed by atoms with Gasteiger partial charge in [0.15, 0.2) is 0 Å². The van der Waals surface area contributed by atoms with Crippen LogP contribution in [0.15, 0.2) is 30.3 Å². The number of aliphatic carboxylic acids is 1. The Bertz CT molecular complexity index is 582. The number of carboxylic acids is 1. The topological polar surface area (TPSA) is 69.6 Å². The van der Waals surface area contributed by atoms with Gasteiger partial charge in [0.25, 0.3) is 0 Å². The van der Waals surface area contributed by atoms with Crippen molar-refractivity contribution in [3.63, 3.8) is 0 Å². The van der Waals surface area contributed by atoms with E-state index in [4.69, 9.17) is 5.11 Å². The first-order chi connectivity index (χ1) is 12.1. The third-order valence-electron chi connectivity index (χ3n) is 5.69. The van der Waals surface area contributed by atoms with Crippen LogP contribution in [-0.2, 0) is 4.79 Å². The van der Waals surface area contributed by atoms with E-state index >= 15 is 0 Å². The lowest BCUT2D eigenvalue weighted by Gasteiger charge is -2.29. The summed E-state index contributed by atoms with van der Waals surface area (Å²) >= 11 is 0. The largest absolute Gasteiger partial charge is 0.481 e. The molecule has 0 aromatic heterocycles. The highest BCUT2D eigenvalue weighted by Gasteiger charge is 2.28. The summed E-state index contributed by atoms with van der Waals surface area (Å²) in [5.41, 5.74) is 1.37. The molecule has 1 aromatic carbocycles. The number of benzene rings is 1. The van der Waals surface area contributed by atoms with Crippen molar-refractivity contribution in [1.82, 2.24) is 10.2 Å². The molecule has 2 fully saturated rings. The third kappa shape index (κ3) is 4.74. The lowest BCUT2D eigenvalue weighted by molar-refractivity contribution is -0.142. The van der Waals surface area contributed by atoms with Crippen molar-refractivity contribution >= 4 is 12.0 Å². The van der Waals surface area contributed by atoms with Crippen LogP contribution in [0.3, 0.4) is 0 Å². The molecule has 3 rings (SSSR count). The first kappa shape index (κ1) is 17.8. The van der Waals surface area contributed by atoms with Crippen LogP contribution >= 0.6 is 0 Å². The fraction of sp³-hybridized carbons (Fsp3) is 0.600. The van der Waals surface area contributed by atoms with Gasteiger partial charge >= 0.3 is 12.0 Å². The first-order valence-corrected chi connectivity index (χ1v) is 9.46. The van der Waals surface area contributed by atoms with Crippen molar-refractivity contribution in [1.29, 1.82) is 0 Å². The molecule has 1 atom stereocenters. The van der Waals surface area contributed by atoms with E-state index < -0.39 is 5.97 Å². The van der Waals surface area contributed by atoms with Crippen molar-refractivity contribution in [3.05, 3.63) is 35.9 Å². The molecule has 1 saturated carbocycles. The number of nitrogens with one attached hydrogen (secondary N) is 1. The highest BCUT2D eigenvalue weighted by molar-refractivity contribution is 5.74. The van der Waals surface area contributed by atoms with E-state index in [-0.39, 0.29) is 18.0 Å². The Morgan fingerprint density at radius 1 is 0.960 bits per heavy atom. The Balaban J connectivity index is 1.48. The van der Waals surface area contributed by atoms with Crippen LogP contribution in [0.25, 0.3) is 0 Å². The first-order valence-electron chi connectivity index (χ1n) is 9.46. The summed E-state index contributed by atoms with van der Waals surface area (Å²) < 4.78 is 0. The molecule has 5 nitrogen and oxygen atoms in total. The molecule has 25 heavy (non-hydrogen) atoms. The second kappa shape index (κ2) is 8.37. The lowest BCUT2D eigenvalue weighted by atomic mass is 9.86. The van der Waals surface area contributed by atoms with Crippen LogP contribution in [0.2, 0.25) is 0 Å². The Morgan fingerprint density at radius 2 is 1.68 bits per heavy atom. The van der Waals surface area contributed by atoms with Crippen LogP contribution in [0.4, 0.5) is 4.79 Å². The maximum Gasteiger partial charge on any atom is 0.317 e. The van der Waals surface area contributed by atoms with Crippen molar-refractivity contribution in [3.8, 4) is 0 Å². The quantitative estimate of drug-likeness (QED) is 0.880. The van der Waals surface area contributed by atoms with Crippen molar-refractivity contribution in [2.45, 2.75) is 56.9 Å². The monoisotopic (exact) mass is 344 g/mol. The second-order valence-electron chi connectivity index (χ2n) is 7.36. The molecule has 2 amide bonds. The number of rotatable bonds is 3. The Kier molecular flexibility index (Phi) is 5.95. The molecule has 1 unspecified atom stereocenters. The number of carboxylic acid groups (broad SMARTS) is 1. The molecule has 136 valence electrons. The van der Waals surface area contributed by atoms with Crippen molar-refractivity contribution < 1.29 is 14.7 Å². The number of urea groups is 1. The van der Waals surface area contributed by atoms with E-state index in [1.807, 2.05) is 11.0 Å². The summed E-state index contributed by atoms with van der Waals surface area (Å²) in [4.78, 5) is 25.5. The normalized spacial score (nSPS) is 27.4. The zero-order valence-corrected chi connectivity index (χ0v) is 14.7. The number of likely N-dealkylation sites (tertiary alicyclic amines) is 1. The summed E-state index contributed by atoms with van der Waals surface area (Å²) in [7, 11) is 0. The van der Waals surface area contributed by atoms with Gasteiger partial charge in [-0.3, -0.25) is 4.79 Å². The SMILES string of the molecule is O=C(O)C1CCC(NC(=O)N2CCCC(c3ccccc3)CC2)CC1. The standard InChI is InChI=1S/C20H28N2O3/c23-19(24)17-8-10-18(11-9-17)21-20(25)22-13-4-7-16(12-14-22)15-5-2-1-3-6-15/h1-3,5-6,16-18H,4,7-14H2,(H,21,25)(H,23,24). The van der Waals surface area contributed by atoms with Gasteiger partial charge in [0.05, 0.1) is 5.92 Å². The van der Waals surface area contributed by atoms with Gasteiger partial charge in [0.2, 0.25) is 0 Å². The molecule has 1 aliphatic carbocycles. The Labute approximate surface area is 149 Å². The van der Waals surface area contributed by atoms with Gasteiger partial charge in [-0.25, -0.2) is 4.79 Å². The van der Waals surface area contributed by atoms with Crippen LogP contribution < -0.4 is 5.32 Å². The highest BCUT2D eigenvalue weighted by Crippen LogP contribution is 2.28. The Hall–Kier alpha value is -2.04. The average molecular weight is 344 g/mol. The molecule has 1 heterocycles. The second-order valence-corrected chi connectivity index (χ2v) is 7.36. The summed E-state index contributed by atoms with van der Waals surface area (Å²) in [6, 6.07) is 10.7. The van der Waals surface area contributed by atoms with Crippen LogP contribution in [0.5, 0.6) is 0 Å². The van der Waals surface area contributed by atoms with Gasteiger partial charge in [0.1, 0.15) is 0 Å². The fourth-order valence-corrected chi connectivity index (χ4v) is 4.11. The van der Waals surface area contributed by atoms with Crippen LogP contribution in [-0.4, -0.2) is 41.1 Å². The van der Waals surface area contributed by atoms with Gasteiger partial charge < -0.3 is 15.3 Å². The average Bonchev–Trinajstić information content (AvgIpc) is 2.89. The maximum atomic E-state index is 12.6. The minimum absolute atomic E-state index is 0.0208. The molecule has 1 aliphatic heterocycles. The van der Waals surface area contributed by atoms with Gasteiger partial charge in [-0.15, -0.1) is 0 Å². The number of carbonyl (C=O) groups is 2. The van der Waals surface area contributed by atoms with E-state index in [1.165, 1.54) is 5.56 Å². The molecule has 0 radical (unpaired) electrons. The molecular weight excluding hydrogens is 316 g/mol. The predicted octanol–water partition coefficient (Wildman–Crippen LogP) is 3.61. The van der Waals surface area contributed by atoms with Crippen LogP contribution in [0.1, 0.15) is 56.4 Å². The number of carbonyl (C=O) groups excluding carboxylic acids is 1. The van der Waals surface area contributed by atoms with Gasteiger partial charge in [-0.1, -0.05) is 30.3 Å². The van der Waals surface area contributed by atoms with E-state index in [0.717, 1.165) is 45.2 Å². The van der Waals surface area contributed by atoms with Crippen LogP contribution in [0, 0.1) is 5.92 Å². The molecule has 2 N–H and O–H groups in total. The fourth-order valence-electron chi connectivity index (χ4n) is 4.11. The van der Waals surface area contributed by atoms with Gasteiger partial charge in [0, 0.05) is 19.1 Å². The molecule has 5 heteroatoms. The maximum absolute atomic E-state index is 12.6. The van der Waals surface area contributed by atoms with Crippen molar-refractivity contribution in [2.75, 3.05) is 13.1 Å². The minimum Gasteiger partial charge on any atom is -0.481 e. The molecule has 0 bridgehead atoms. The molecule has 0 spiro atoms. The highest BCUT2D eigenvalue weighted by atomic mass is 16.4. The predicted molar refractivity (Wildman–Crippen MR) is 96.5 cm³/mol. The Morgan fingerprint density at radius 3 is 2.36 bits per heavy atom. The van der Waals surface area contributed by atoms with Crippen molar-refractivity contribution in [2.24, 2.45) is 5.92 Å². The van der Waals surface area contributed by atoms with E-state index in [2.05, 4.69) is 29.6 Å². The molecule has 1 saturated heterocycles. The van der Waals surface area contributed by atoms with E-state index in [1.54, 1.807) is 0 Å². The summed E-state index contributed by atoms with van der Waals surface area (Å²) in [5.74, 6) is -0.410. The molecule has 2 aliphatic rings. The minimum atomic E-state index is -0.704. The van der Waals surface area contributed by atoms with E-state index in [0.29, 0.717) is 18.8 Å². The zero-order chi connectivity index (χ0) is 17.6. The summed E-state index contributed by atoms with van der Waals surface area (Å²) in [6.07, 6.45) is 6.01. The zero-order valence-electron chi connectivity index (χ0n) is 14.7. The summed E-state index contributed by atoms with van der Waals surface area (Å²) in [5, 5.41) is 12.2.